The van der Waals surface area contributed by atoms with Crippen molar-refractivity contribution in [2.45, 2.75) is 51.9 Å². The van der Waals surface area contributed by atoms with E-state index in [0.29, 0.717) is 34.4 Å². The maximum atomic E-state index is 13.1. The number of nitrogens with zero attached hydrogens (tertiary/aromatic N) is 1. The van der Waals surface area contributed by atoms with E-state index >= 15 is 0 Å². The number of benzene rings is 2. The molecule has 0 bridgehead atoms. The fourth-order valence-corrected chi connectivity index (χ4v) is 4.40. The molecule has 0 saturated heterocycles. The molecule has 0 radical (unpaired) electrons. The van der Waals surface area contributed by atoms with Gasteiger partial charge >= 0.3 is 0 Å². The van der Waals surface area contributed by atoms with Crippen molar-refractivity contribution in [1.29, 1.82) is 5.41 Å². The van der Waals surface area contributed by atoms with Crippen LogP contribution in [0.2, 0.25) is 5.02 Å². The van der Waals surface area contributed by atoms with E-state index in [1.807, 2.05) is 32.9 Å². The molecule has 0 fully saturated rings. The molecule has 0 spiro atoms. The van der Waals surface area contributed by atoms with Crippen molar-refractivity contribution in [3.8, 4) is 0 Å². The number of rotatable bonds is 7. The predicted molar refractivity (Wildman–Crippen MR) is 131 cm³/mol. The van der Waals surface area contributed by atoms with E-state index in [-0.39, 0.29) is 16.2 Å². The number of sulfonamides is 1. The second kappa shape index (κ2) is 9.45. The zero-order valence-electron chi connectivity index (χ0n) is 19.1. The van der Waals surface area contributed by atoms with Crippen LogP contribution in [0.15, 0.2) is 53.9 Å². The molecule has 0 aliphatic carbocycles. The fourth-order valence-electron chi connectivity index (χ4n) is 3.15. The molecule has 0 aliphatic heterocycles. The van der Waals surface area contributed by atoms with Crippen LogP contribution in [0.3, 0.4) is 0 Å². The number of nitrogens with one attached hydrogen (secondary N) is 2. The molecule has 0 unspecified atom stereocenters. The lowest BCUT2D eigenvalue weighted by atomic mass is 9.87. The minimum Gasteiger partial charge on any atom is -0.330 e. The molecule has 0 aromatic heterocycles. The first-order valence-corrected chi connectivity index (χ1v) is 12.1. The van der Waals surface area contributed by atoms with Crippen molar-refractivity contribution in [1.82, 2.24) is 4.90 Å². The Morgan fingerprint density at radius 2 is 1.74 bits per heavy atom. The van der Waals surface area contributed by atoms with Crippen molar-refractivity contribution in [3.63, 3.8) is 0 Å². The molecule has 2 rings (SSSR count). The van der Waals surface area contributed by atoms with Crippen molar-refractivity contribution in [3.05, 3.63) is 65.2 Å². The van der Waals surface area contributed by atoms with Crippen molar-refractivity contribution in [2.24, 2.45) is 5.92 Å². The monoisotopic (exact) mass is 461 g/mol. The minimum atomic E-state index is -3.82. The van der Waals surface area contributed by atoms with Gasteiger partial charge < -0.3 is 4.90 Å². The Morgan fingerprint density at radius 1 is 1.16 bits per heavy atom. The summed E-state index contributed by atoms with van der Waals surface area (Å²) in [6, 6.07) is 11.8. The molecule has 7 heteroatoms. The van der Waals surface area contributed by atoms with Gasteiger partial charge in [0.2, 0.25) is 0 Å². The number of hydrogen-bond acceptors (Lipinski definition) is 3. The zero-order valence-corrected chi connectivity index (χ0v) is 20.7. The first-order valence-electron chi connectivity index (χ1n) is 10.3. The largest absolute Gasteiger partial charge is 0.330 e. The number of halogens is 1. The van der Waals surface area contributed by atoms with Gasteiger partial charge in [-0.05, 0) is 48.2 Å². The summed E-state index contributed by atoms with van der Waals surface area (Å²) in [6.45, 7) is 16.7. The van der Waals surface area contributed by atoms with Crippen LogP contribution >= 0.6 is 11.6 Å². The molecule has 0 atom stereocenters. The molecule has 0 heterocycles. The molecule has 0 aliphatic rings. The summed E-state index contributed by atoms with van der Waals surface area (Å²) in [5.41, 5.74) is 2.41. The number of hydrogen-bond donors (Lipinski definition) is 2. The molecule has 2 N–H and O–H groups in total. The van der Waals surface area contributed by atoms with Crippen LogP contribution in [0.25, 0.3) is 5.70 Å². The summed E-state index contributed by atoms with van der Waals surface area (Å²) in [4.78, 5) is 1.93. The summed E-state index contributed by atoms with van der Waals surface area (Å²) < 4.78 is 28.8. The first kappa shape index (κ1) is 25.0. The van der Waals surface area contributed by atoms with Gasteiger partial charge in [-0.15, -0.1) is 0 Å². The average Bonchev–Trinajstić information content (AvgIpc) is 2.68. The Balaban J connectivity index is 2.44. The van der Waals surface area contributed by atoms with Gasteiger partial charge in [-0.2, -0.15) is 0 Å². The third-order valence-electron chi connectivity index (χ3n) is 5.05. The average molecular weight is 462 g/mol. The van der Waals surface area contributed by atoms with E-state index in [1.54, 1.807) is 35.2 Å². The van der Waals surface area contributed by atoms with E-state index in [9.17, 15) is 8.42 Å². The van der Waals surface area contributed by atoms with Crippen molar-refractivity contribution >= 4 is 38.8 Å². The third kappa shape index (κ3) is 5.89. The van der Waals surface area contributed by atoms with Crippen LogP contribution in [0, 0.1) is 11.3 Å². The SMILES string of the molecule is C=C(c1cc(Cl)ccc1NS(=O)(=O)c1ccc(C(C)(C)C)cc1)N(CC)C(=N)C(C)C. The minimum absolute atomic E-state index is 0.00245. The first-order chi connectivity index (χ1) is 14.3. The Bertz CT molecular complexity index is 1070. The maximum absolute atomic E-state index is 13.1. The lowest BCUT2D eigenvalue weighted by Gasteiger charge is -2.29. The Morgan fingerprint density at radius 3 is 2.23 bits per heavy atom. The lowest BCUT2D eigenvalue weighted by Crippen LogP contribution is -2.32. The van der Waals surface area contributed by atoms with Crippen LogP contribution in [0.4, 0.5) is 5.69 Å². The van der Waals surface area contributed by atoms with Gasteiger partial charge in [-0.1, -0.05) is 64.9 Å². The Kier molecular flexibility index (Phi) is 7.61. The van der Waals surface area contributed by atoms with E-state index in [1.165, 1.54) is 0 Å². The number of anilines is 1. The van der Waals surface area contributed by atoms with E-state index in [4.69, 9.17) is 17.0 Å². The molecule has 168 valence electrons. The van der Waals surface area contributed by atoms with Crippen LogP contribution < -0.4 is 4.72 Å². The summed E-state index contributed by atoms with van der Waals surface area (Å²) >= 11 is 6.21. The smallest absolute Gasteiger partial charge is 0.261 e. The molecule has 31 heavy (non-hydrogen) atoms. The molecular weight excluding hydrogens is 430 g/mol. The quantitative estimate of drug-likeness (QED) is 0.372. The lowest BCUT2D eigenvalue weighted by molar-refractivity contribution is 0.569. The van der Waals surface area contributed by atoms with Crippen molar-refractivity contribution < 1.29 is 8.42 Å². The van der Waals surface area contributed by atoms with Crippen LogP contribution in [-0.2, 0) is 15.4 Å². The summed E-state index contributed by atoms with van der Waals surface area (Å²) in [5, 5.41) is 8.84. The topological polar surface area (TPSA) is 73.3 Å². The van der Waals surface area contributed by atoms with Gasteiger partial charge in [-0.25, -0.2) is 8.42 Å². The Hall–Kier alpha value is -2.31. The fraction of sp³-hybridized carbons (Fsp3) is 0.375. The highest BCUT2D eigenvalue weighted by molar-refractivity contribution is 7.92. The predicted octanol–water partition coefficient (Wildman–Crippen LogP) is 6.36. The summed E-state index contributed by atoms with van der Waals surface area (Å²) in [7, 11) is -3.82. The number of amidine groups is 1. The third-order valence-corrected chi connectivity index (χ3v) is 6.66. The molecular formula is C24H32ClN3O2S. The molecule has 2 aromatic rings. The van der Waals surface area contributed by atoms with Crippen LogP contribution in [0.1, 0.15) is 52.7 Å². The van der Waals surface area contributed by atoms with Gasteiger partial charge in [-0.3, -0.25) is 10.1 Å². The highest BCUT2D eigenvalue weighted by atomic mass is 35.5. The highest BCUT2D eigenvalue weighted by Gasteiger charge is 2.22. The van der Waals surface area contributed by atoms with Gasteiger partial charge in [0, 0.05) is 28.7 Å². The summed E-state index contributed by atoms with van der Waals surface area (Å²) in [6.07, 6.45) is 0. The zero-order chi connectivity index (χ0) is 23.6. The molecule has 5 nitrogen and oxygen atoms in total. The second-order valence-corrected chi connectivity index (χ2v) is 10.9. The van der Waals surface area contributed by atoms with Crippen LogP contribution in [-0.4, -0.2) is 25.7 Å². The molecule has 0 amide bonds. The van der Waals surface area contributed by atoms with Gasteiger partial charge in [0.1, 0.15) is 5.84 Å². The molecule has 0 saturated carbocycles. The summed E-state index contributed by atoms with van der Waals surface area (Å²) in [5.74, 6) is 0.399. The van der Waals surface area contributed by atoms with Gasteiger partial charge in [0.25, 0.3) is 10.0 Å². The maximum Gasteiger partial charge on any atom is 0.261 e. The molecule has 2 aromatic carbocycles. The second-order valence-electron chi connectivity index (χ2n) is 8.80. The van der Waals surface area contributed by atoms with Crippen molar-refractivity contribution in [2.75, 3.05) is 11.3 Å². The van der Waals surface area contributed by atoms with E-state index in [0.717, 1.165) is 5.56 Å². The van der Waals surface area contributed by atoms with E-state index in [2.05, 4.69) is 32.1 Å². The standard InChI is InChI=1S/C24H32ClN3O2S/c1-8-28(23(26)16(2)3)17(4)21-15-19(25)11-14-22(21)27-31(29,30)20-12-9-18(10-13-20)24(5,6)7/h9-16,26-27H,4,8H2,1-3,5-7H3. The highest BCUT2D eigenvalue weighted by Crippen LogP contribution is 2.31. The van der Waals surface area contributed by atoms with Gasteiger partial charge in [0.05, 0.1) is 10.6 Å². The van der Waals surface area contributed by atoms with E-state index < -0.39 is 10.0 Å². The van der Waals surface area contributed by atoms with Crippen LogP contribution in [0.5, 0.6) is 0 Å². The van der Waals surface area contributed by atoms with Gasteiger partial charge in [0.15, 0.2) is 0 Å². The Labute approximate surface area is 191 Å². The normalized spacial score (nSPS) is 12.0.